The lowest BCUT2D eigenvalue weighted by atomic mass is 10.1. The minimum atomic E-state index is -0.256. The van der Waals surface area contributed by atoms with Crippen molar-refractivity contribution in [2.24, 2.45) is 0 Å². The first-order valence-electron chi connectivity index (χ1n) is 5.28. The molecule has 1 rings (SSSR count). The van der Waals surface area contributed by atoms with Crippen LogP contribution in [0.25, 0.3) is 0 Å². The summed E-state index contributed by atoms with van der Waals surface area (Å²) in [5.41, 5.74) is 0.993. The van der Waals surface area contributed by atoms with Crippen LogP contribution in [0, 0.1) is 5.82 Å². The summed E-state index contributed by atoms with van der Waals surface area (Å²) in [5.74, 6) is 0.381. The molecule has 1 N–H and O–H groups in total. The highest BCUT2D eigenvalue weighted by molar-refractivity contribution is 5.36. The second-order valence-corrected chi connectivity index (χ2v) is 3.54. The Morgan fingerprint density at radius 2 is 2.20 bits per heavy atom. The average molecular weight is 211 g/mol. The number of nitrogens with one attached hydrogen (secondary N) is 1. The minimum Gasteiger partial charge on any atom is -0.493 e. The van der Waals surface area contributed by atoms with Gasteiger partial charge in [0.2, 0.25) is 0 Å². The van der Waals surface area contributed by atoms with Crippen LogP contribution >= 0.6 is 0 Å². The monoisotopic (exact) mass is 211 g/mol. The van der Waals surface area contributed by atoms with Gasteiger partial charge in [-0.3, -0.25) is 0 Å². The van der Waals surface area contributed by atoms with Gasteiger partial charge in [-0.05, 0) is 26.5 Å². The van der Waals surface area contributed by atoms with E-state index in [-0.39, 0.29) is 11.9 Å². The summed E-state index contributed by atoms with van der Waals surface area (Å²) in [6.07, 6.45) is 0.921. The van der Waals surface area contributed by atoms with Crippen molar-refractivity contribution in [2.45, 2.75) is 26.3 Å². The first-order valence-corrected chi connectivity index (χ1v) is 5.28. The van der Waals surface area contributed by atoms with E-state index in [1.807, 2.05) is 20.9 Å². The molecule has 0 bridgehead atoms. The van der Waals surface area contributed by atoms with Crippen molar-refractivity contribution >= 4 is 0 Å². The van der Waals surface area contributed by atoms with E-state index in [1.54, 1.807) is 6.07 Å². The molecule has 1 unspecified atom stereocenters. The topological polar surface area (TPSA) is 21.3 Å². The van der Waals surface area contributed by atoms with E-state index in [0.717, 1.165) is 12.0 Å². The van der Waals surface area contributed by atoms with E-state index < -0.39 is 0 Å². The minimum absolute atomic E-state index is 0.164. The second-order valence-electron chi connectivity index (χ2n) is 3.54. The van der Waals surface area contributed by atoms with Gasteiger partial charge in [0.1, 0.15) is 11.6 Å². The number of rotatable bonds is 5. The lowest BCUT2D eigenvalue weighted by Crippen LogP contribution is -2.14. The number of halogens is 1. The van der Waals surface area contributed by atoms with Gasteiger partial charge in [-0.15, -0.1) is 0 Å². The highest BCUT2D eigenvalue weighted by Crippen LogP contribution is 2.25. The molecule has 2 nitrogen and oxygen atoms in total. The van der Waals surface area contributed by atoms with Crippen molar-refractivity contribution in [3.63, 3.8) is 0 Å². The molecule has 1 aromatic rings. The summed E-state index contributed by atoms with van der Waals surface area (Å²) < 4.78 is 18.6. The summed E-state index contributed by atoms with van der Waals surface area (Å²) in [6.45, 7) is 4.67. The summed E-state index contributed by atoms with van der Waals surface area (Å²) in [5, 5.41) is 3.12. The molecule has 0 heterocycles. The maximum Gasteiger partial charge on any atom is 0.126 e. The van der Waals surface area contributed by atoms with Crippen LogP contribution in [0.2, 0.25) is 0 Å². The quantitative estimate of drug-likeness (QED) is 0.808. The molecule has 1 aromatic carbocycles. The first-order chi connectivity index (χ1) is 7.19. The van der Waals surface area contributed by atoms with E-state index in [2.05, 4.69) is 5.32 Å². The summed E-state index contributed by atoms with van der Waals surface area (Å²) in [7, 11) is 1.87. The first kappa shape index (κ1) is 12.0. The van der Waals surface area contributed by atoms with Gasteiger partial charge in [-0.2, -0.15) is 0 Å². The summed E-state index contributed by atoms with van der Waals surface area (Å²) in [4.78, 5) is 0. The molecule has 0 aliphatic rings. The molecule has 0 amide bonds. The standard InChI is InChI=1S/C12H18FNO/c1-4-7-15-12-8-10(13)5-6-11(12)9(2)14-3/h5-6,8-9,14H,4,7H2,1-3H3. The average Bonchev–Trinajstić information content (AvgIpc) is 2.25. The molecule has 15 heavy (non-hydrogen) atoms. The Balaban J connectivity index is 2.92. The van der Waals surface area contributed by atoms with Gasteiger partial charge < -0.3 is 10.1 Å². The van der Waals surface area contributed by atoms with Gasteiger partial charge in [-0.25, -0.2) is 4.39 Å². The Hall–Kier alpha value is -1.09. The van der Waals surface area contributed by atoms with Gasteiger partial charge in [-0.1, -0.05) is 13.0 Å². The molecule has 0 saturated carbocycles. The fraction of sp³-hybridized carbons (Fsp3) is 0.500. The lowest BCUT2D eigenvalue weighted by Gasteiger charge is -2.16. The van der Waals surface area contributed by atoms with Gasteiger partial charge in [0, 0.05) is 17.7 Å². The highest BCUT2D eigenvalue weighted by atomic mass is 19.1. The molecular formula is C12H18FNO. The van der Waals surface area contributed by atoms with E-state index in [1.165, 1.54) is 12.1 Å². The van der Waals surface area contributed by atoms with Crippen molar-refractivity contribution in [3.05, 3.63) is 29.6 Å². The van der Waals surface area contributed by atoms with Crippen LogP contribution in [0.5, 0.6) is 5.75 Å². The zero-order valence-electron chi connectivity index (χ0n) is 9.51. The molecule has 0 aromatic heterocycles. The third kappa shape index (κ3) is 3.20. The maximum atomic E-state index is 13.0. The molecule has 0 aliphatic heterocycles. The molecular weight excluding hydrogens is 193 g/mol. The predicted octanol–water partition coefficient (Wildman–Crippen LogP) is 2.89. The van der Waals surface area contributed by atoms with Crippen molar-refractivity contribution in [2.75, 3.05) is 13.7 Å². The van der Waals surface area contributed by atoms with Crippen molar-refractivity contribution in [1.29, 1.82) is 0 Å². The largest absolute Gasteiger partial charge is 0.493 e. The molecule has 0 fully saturated rings. The number of ether oxygens (including phenoxy) is 1. The maximum absolute atomic E-state index is 13.0. The molecule has 0 spiro atoms. The van der Waals surface area contributed by atoms with Crippen LogP contribution in [-0.4, -0.2) is 13.7 Å². The Labute approximate surface area is 90.4 Å². The van der Waals surface area contributed by atoms with Crippen LogP contribution < -0.4 is 10.1 Å². The third-order valence-corrected chi connectivity index (χ3v) is 2.34. The van der Waals surface area contributed by atoms with Crippen LogP contribution in [-0.2, 0) is 0 Å². The lowest BCUT2D eigenvalue weighted by molar-refractivity contribution is 0.309. The Bertz CT molecular complexity index is 314. The van der Waals surface area contributed by atoms with Crippen molar-refractivity contribution < 1.29 is 9.13 Å². The SMILES string of the molecule is CCCOc1cc(F)ccc1C(C)NC. The Morgan fingerprint density at radius 3 is 2.80 bits per heavy atom. The molecule has 1 atom stereocenters. The fourth-order valence-corrected chi connectivity index (χ4v) is 1.36. The Kier molecular flexibility index (Phi) is 4.56. The fourth-order valence-electron chi connectivity index (χ4n) is 1.36. The molecule has 0 saturated heterocycles. The van der Waals surface area contributed by atoms with Crippen LogP contribution in [0.4, 0.5) is 4.39 Å². The highest BCUT2D eigenvalue weighted by Gasteiger charge is 2.10. The number of hydrogen-bond acceptors (Lipinski definition) is 2. The van der Waals surface area contributed by atoms with Crippen molar-refractivity contribution in [3.8, 4) is 5.75 Å². The molecule has 3 heteroatoms. The third-order valence-electron chi connectivity index (χ3n) is 2.34. The van der Waals surface area contributed by atoms with Crippen LogP contribution in [0.3, 0.4) is 0 Å². The van der Waals surface area contributed by atoms with E-state index in [0.29, 0.717) is 12.4 Å². The van der Waals surface area contributed by atoms with E-state index >= 15 is 0 Å². The predicted molar refractivity (Wildman–Crippen MR) is 59.7 cm³/mol. The van der Waals surface area contributed by atoms with Crippen LogP contribution in [0.15, 0.2) is 18.2 Å². The van der Waals surface area contributed by atoms with Crippen molar-refractivity contribution in [1.82, 2.24) is 5.32 Å². The smallest absolute Gasteiger partial charge is 0.126 e. The Morgan fingerprint density at radius 1 is 1.47 bits per heavy atom. The molecule has 0 radical (unpaired) electrons. The zero-order chi connectivity index (χ0) is 11.3. The zero-order valence-corrected chi connectivity index (χ0v) is 9.51. The molecule has 84 valence electrons. The number of hydrogen-bond donors (Lipinski definition) is 1. The number of benzene rings is 1. The van der Waals surface area contributed by atoms with E-state index in [9.17, 15) is 4.39 Å². The second kappa shape index (κ2) is 5.71. The summed E-state index contributed by atoms with van der Waals surface area (Å²) >= 11 is 0. The van der Waals surface area contributed by atoms with Gasteiger partial charge in [0.25, 0.3) is 0 Å². The molecule has 0 aliphatic carbocycles. The normalized spacial score (nSPS) is 12.5. The van der Waals surface area contributed by atoms with E-state index in [4.69, 9.17) is 4.74 Å². The van der Waals surface area contributed by atoms with Crippen LogP contribution in [0.1, 0.15) is 31.9 Å². The van der Waals surface area contributed by atoms with Gasteiger partial charge >= 0.3 is 0 Å². The summed E-state index contributed by atoms with van der Waals surface area (Å²) in [6, 6.07) is 4.83. The van der Waals surface area contributed by atoms with Gasteiger partial charge in [0.15, 0.2) is 0 Å². The van der Waals surface area contributed by atoms with Gasteiger partial charge in [0.05, 0.1) is 6.61 Å².